The molecule has 3 heterocycles. The van der Waals surface area contributed by atoms with Crippen LogP contribution in [0.25, 0.3) is 11.1 Å². The first kappa shape index (κ1) is 17.4. The molecule has 1 N–H and O–H groups in total. The molecule has 1 aliphatic heterocycles. The first-order valence-corrected chi connectivity index (χ1v) is 9.13. The van der Waals surface area contributed by atoms with Crippen LogP contribution in [0.3, 0.4) is 0 Å². The third-order valence-corrected chi connectivity index (χ3v) is 4.57. The number of hydrogen-bond donors (Lipinski definition) is 1. The van der Waals surface area contributed by atoms with Gasteiger partial charge in [0.1, 0.15) is 5.52 Å². The Kier molecular flexibility index (Phi) is 5.24. The lowest BCUT2D eigenvalue weighted by Crippen LogP contribution is -2.50. The van der Waals surface area contributed by atoms with Crippen LogP contribution in [0.1, 0.15) is 5.89 Å². The number of rotatable bonds is 6. The van der Waals surface area contributed by atoms with Crippen molar-refractivity contribution < 1.29 is 9.21 Å². The maximum atomic E-state index is 12.2. The van der Waals surface area contributed by atoms with Crippen LogP contribution in [0.4, 0.5) is 5.95 Å². The maximum Gasteiger partial charge on any atom is 0.234 e. The number of anilines is 1. The van der Waals surface area contributed by atoms with Crippen molar-refractivity contribution in [1.29, 1.82) is 0 Å². The molecule has 0 aliphatic carbocycles. The lowest BCUT2D eigenvalue weighted by Gasteiger charge is -2.34. The van der Waals surface area contributed by atoms with Crippen LogP contribution in [-0.2, 0) is 11.2 Å². The summed E-state index contributed by atoms with van der Waals surface area (Å²) in [4.78, 5) is 29.4. The Morgan fingerprint density at radius 2 is 1.85 bits per heavy atom. The summed E-state index contributed by atoms with van der Waals surface area (Å²) in [6, 6.07) is 9.47. The van der Waals surface area contributed by atoms with Gasteiger partial charge in [-0.25, -0.2) is 15.0 Å². The van der Waals surface area contributed by atoms with Crippen molar-refractivity contribution in [2.45, 2.75) is 6.42 Å². The molecule has 8 nitrogen and oxygen atoms in total. The number of piperazine rings is 1. The van der Waals surface area contributed by atoms with E-state index in [0.717, 1.165) is 43.2 Å². The first-order valence-electron chi connectivity index (χ1n) is 9.13. The molecule has 0 atom stereocenters. The monoisotopic (exact) mass is 366 g/mol. The number of amides is 1. The molecule has 8 heteroatoms. The Morgan fingerprint density at radius 3 is 2.63 bits per heavy atom. The molecule has 0 bridgehead atoms. The lowest BCUT2D eigenvalue weighted by molar-refractivity contribution is -0.122. The molecule has 0 radical (unpaired) electrons. The third-order valence-electron chi connectivity index (χ3n) is 4.57. The summed E-state index contributed by atoms with van der Waals surface area (Å²) in [6.45, 7) is 4.19. The summed E-state index contributed by atoms with van der Waals surface area (Å²) < 4.78 is 5.66. The van der Waals surface area contributed by atoms with Gasteiger partial charge in [0.15, 0.2) is 11.5 Å². The van der Waals surface area contributed by atoms with Gasteiger partial charge in [-0.15, -0.1) is 0 Å². The molecule has 1 aromatic carbocycles. The SMILES string of the molecule is O=C(CN1CCN(c2ncccn2)CC1)NCCc1nc2ccccc2o1. The van der Waals surface area contributed by atoms with Crippen LogP contribution in [0.2, 0.25) is 0 Å². The predicted molar refractivity (Wildman–Crippen MR) is 101 cm³/mol. The van der Waals surface area contributed by atoms with Gasteiger partial charge in [0.05, 0.1) is 6.54 Å². The van der Waals surface area contributed by atoms with Gasteiger partial charge in [-0.2, -0.15) is 0 Å². The minimum Gasteiger partial charge on any atom is -0.441 e. The summed E-state index contributed by atoms with van der Waals surface area (Å²) >= 11 is 0. The summed E-state index contributed by atoms with van der Waals surface area (Å²) in [5, 5.41) is 2.95. The number of fused-ring (bicyclic) bond motifs is 1. The fourth-order valence-corrected chi connectivity index (χ4v) is 3.16. The van der Waals surface area contributed by atoms with Gasteiger partial charge in [0, 0.05) is 51.5 Å². The Morgan fingerprint density at radius 1 is 1.07 bits per heavy atom. The second-order valence-electron chi connectivity index (χ2n) is 6.49. The number of carbonyl (C=O) groups is 1. The molecule has 140 valence electrons. The van der Waals surface area contributed by atoms with Crippen molar-refractivity contribution in [1.82, 2.24) is 25.2 Å². The van der Waals surface area contributed by atoms with Crippen molar-refractivity contribution in [2.75, 3.05) is 44.2 Å². The summed E-state index contributed by atoms with van der Waals surface area (Å²) in [7, 11) is 0. The fraction of sp³-hybridized carbons (Fsp3) is 0.368. The number of nitrogens with one attached hydrogen (secondary N) is 1. The van der Waals surface area contributed by atoms with E-state index >= 15 is 0 Å². The Balaban J connectivity index is 1.19. The van der Waals surface area contributed by atoms with Gasteiger partial charge in [0.25, 0.3) is 0 Å². The second kappa shape index (κ2) is 8.13. The van der Waals surface area contributed by atoms with Crippen molar-refractivity contribution in [2.24, 2.45) is 0 Å². The average molecular weight is 366 g/mol. The van der Waals surface area contributed by atoms with E-state index in [1.165, 1.54) is 0 Å². The smallest absolute Gasteiger partial charge is 0.234 e. The Labute approximate surface area is 157 Å². The second-order valence-corrected chi connectivity index (χ2v) is 6.49. The van der Waals surface area contributed by atoms with E-state index in [4.69, 9.17) is 4.42 Å². The van der Waals surface area contributed by atoms with Gasteiger partial charge in [-0.05, 0) is 18.2 Å². The van der Waals surface area contributed by atoms with Crippen molar-refractivity contribution in [3.63, 3.8) is 0 Å². The minimum atomic E-state index is 0.0236. The molecule has 0 unspecified atom stereocenters. The van der Waals surface area contributed by atoms with Crippen molar-refractivity contribution >= 4 is 23.0 Å². The van der Waals surface area contributed by atoms with Crippen LogP contribution < -0.4 is 10.2 Å². The first-order chi connectivity index (χ1) is 13.3. The van der Waals surface area contributed by atoms with Crippen LogP contribution >= 0.6 is 0 Å². The van der Waals surface area contributed by atoms with Crippen molar-refractivity contribution in [3.05, 3.63) is 48.6 Å². The van der Waals surface area contributed by atoms with Gasteiger partial charge in [-0.3, -0.25) is 9.69 Å². The van der Waals surface area contributed by atoms with Crippen LogP contribution in [-0.4, -0.2) is 65.0 Å². The molecular formula is C19H22N6O2. The number of aromatic nitrogens is 3. The third kappa shape index (κ3) is 4.40. The lowest BCUT2D eigenvalue weighted by atomic mass is 10.3. The number of oxazole rings is 1. The molecule has 4 rings (SSSR count). The molecule has 2 aromatic heterocycles. The summed E-state index contributed by atoms with van der Waals surface area (Å²) in [5.74, 6) is 1.42. The van der Waals surface area contributed by atoms with E-state index in [2.05, 4.69) is 30.1 Å². The predicted octanol–water partition coefficient (Wildman–Crippen LogP) is 1.10. The fourth-order valence-electron chi connectivity index (χ4n) is 3.16. The molecule has 1 fully saturated rings. The largest absolute Gasteiger partial charge is 0.441 e. The normalized spacial score (nSPS) is 15.2. The van der Waals surface area contributed by atoms with E-state index in [0.29, 0.717) is 25.4 Å². The zero-order valence-electron chi connectivity index (χ0n) is 15.0. The van der Waals surface area contributed by atoms with Crippen LogP contribution in [0.15, 0.2) is 47.1 Å². The van der Waals surface area contributed by atoms with E-state index in [1.54, 1.807) is 12.4 Å². The van der Waals surface area contributed by atoms with Gasteiger partial charge in [0.2, 0.25) is 11.9 Å². The molecule has 0 saturated carbocycles. The number of nitrogens with zero attached hydrogens (tertiary/aromatic N) is 5. The van der Waals surface area contributed by atoms with E-state index in [9.17, 15) is 4.79 Å². The standard InChI is InChI=1S/C19H22N6O2/c26-17(20-9-6-18-23-15-4-1-2-5-16(15)27-18)14-24-10-12-25(13-11-24)19-21-7-3-8-22-19/h1-5,7-8H,6,9-14H2,(H,20,26). The van der Waals surface area contributed by atoms with Crippen LogP contribution in [0, 0.1) is 0 Å². The quantitative estimate of drug-likeness (QED) is 0.699. The Hall–Kier alpha value is -3.00. The molecule has 0 spiro atoms. The summed E-state index contributed by atoms with van der Waals surface area (Å²) in [5.41, 5.74) is 1.62. The molecule has 27 heavy (non-hydrogen) atoms. The highest BCUT2D eigenvalue weighted by atomic mass is 16.3. The number of carbonyl (C=O) groups excluding carboxylic acids is 1. The number of para-hydroxylation sites is 2. The van der Waals surface area contributed by atoms with Gasteiger partial charge < -0.3 is 14.6 Å². The summed E-state index contributed by atoms with van der Waals surface area (Å²) in [6.07, 6.45) is 4.08. The molecule has 1 saturated heterocycles. The van der Waals surface area contributed by atoms with Gasteiger partial charge >= 0.3 is 0 Å². The Bertz CT molecular complexity index is 856. The average Bonchev–Trinajstić information content (AvgIpc) is 3.12. The molecule has 3 aromatic rings. The molecular weight excluding hydrogens is 344 g/mol. The zero-order chi connectivity index (χ0) is 18.5. The highest BCUT2D eigenvalue weighted by molar-refractivity contribution is 5.78. The zero-order valence-corrected chi connectivity index (χ0v) is 15.0. The van der Waals surface area contributed by atoms with Crippen LogP contribution in [0.5, 0.6) is 0 Å². The minimum absolute atomic E-state index is 0.0236. The molecule has 1 aliphatic rings. The van der Waals surface area contributed by atoms with E-state index in [1.807, 2.05) is 30.3 Å². The highest BCUT2D eigenvalue weighted by Crippen LogP contribution is 2.14. The molecule has 1 amide bonds. The highest BCUT2D eigenvalue weighted by Gasteiger charge is 2.20. The van der Waals surface area contributed by atoms with E-state index in [-0.39, 0.29) is 5.91 Å². The van der Waals surface area contributed by atoms with Crippen molar-refractivity contribution in [3.8, 4) is 0 Å². The topological polar surface area (TPSA) is 87.4 Å². The van der Waals surface area contributed by atoms with Gasteiger partial charge in [-0.1, -0.05) is 12.1 Å². The number of hydrogen-bond acceptors (Lipinski definition) is 7. The van der Waals surface area contributed by atoms with E-state index < -0.39 is 0 Å². The maximum absolute atomic E-state index is 12.2. The number of benzene rings is 1.